The lowest BCUT2D eigenvalue weighted by molar-refractivity contribution is 0.0794. The van der Waals surface area contributed by atoms with E-state index in [1.54, 1.807) is 12.1 Å². The molecule has 1 fully saturated rings. The molecule has 2 atom stereocenters. The van der Waals surface area contributed by atoms with Crippen molar-refractivity contribution in [2.24, 2.45) is 5.92 Å². The van der Waals surface area contributed by atoms with Gasteiger partial charge in [-0.1, -0.05) is 44.2 Å². The molecule has 0 aliphatic carbocycles. The first-order valence-corrected chi connectivity index (χ1v) is 10.1. The van der Waals surface area contributed by atoms with Gasteiger partial charge in [-0.15, -0.1) is 0 Å². The summed E-state index contributed by atoms with van der Waals surface area (Å²) >= 11 is 0. The average molecular weight is 414 g/mol. The van der Waals surface area contributed by atoms with E-state index in [4.69, 9.17) is 4.42 Å². The third-order valence-corrected chi connectivity index (χ3v) is 5.91. The van der Waals surface area contributed by atoms with Gasteiger partial charge in [-0.25, -0.2) is 18.6 Å². The highest BCUT2D eigenvalue weighted by atomic mass is 19.3. The quantitative estimate of drug-likeness (QED) is 0.543. The molecule has 0 radical (unpaired) electrons. The number of fused-ring (bicyclic) bond motifs is 1. The van der Waals surface area contributed by atoms with Crippen molar-refractivity contribution in [3.05, 3.63) is 53.9 Å². The molecule has 1 amide bonds. The van der Waals surface area contributed by atoms with Crippen LogP contribution in [0.4, 0.5) is 13.6 Å². The highest BCUT2D eigenvalue weighted by Crippen LogP contribution is 2.36. The van der Waals surface area contributed by atoms with Crippen LogP contribution in [0.3, 0.4) is 0 Å². The molecule has 0 bridgehead atoms. The maximum atomic E-state index is 12.8. The standard InChI is InChI=1S/C23H24F2N2O3/c1-13(2)19-11-17(9-10-27(19)23(28)29)22-26-18-8-7-16(12-20(18)30-22)14-3-5-15(6-4-14)21(24)25/h3-8,12-13,17,19,21H,9-11H2,1-2H3,(H,28,29). The van der Waals surface area contributed by atoms with Gasteiger partial charge >= 0.3 is 6.09 Å². The van der Waals surface area contributed by atoms with Gasteiger partial charge in [-0.05, 0) is 42.0 Å². The largest absolute Gasteiger partial charge is 0.465 e. The van der Waals surface area contributed by atoms with E-state index in [0.29, 0.717) is 30.9 Å². The molecule has 0 saturated carbocycles. The Morgan fingerprint density at radius 2 is 1.87 bits per heavy atom. The number of hydrogen-bond acceptors (Lipinski definition) is 3. The number of rotatable bonds is 4. The summed E-state index contributed by atoms with van der Waals surface area (Å²) in [6, 6.07) is 11.8. The first-order chi connectivity index (χ1) is 14.3. The highest BCUT2D eigenvalue weighted by Gasteiger charge is 2.35. The topological polar surface area (TPSA) is 66.6 Å². The van der Waals surface area contributed by atoms with E-state index in [2.05, 4.69) is 4.98 Å². The zero-order valence-corrected chi connectivity index (χ0v) is 16.9. The molecular weight excluding hydrogens is 390 g/mol. The van der Waals surface area contributed by atoms with Crippen LogP contribution < -0.4 is 0 Å². The van der Waals surface area contributed by atoms with Crippen LogP contribution in [0.25, 0.3) is 22.2 Å². The monoisotopic (exact) mass is 414 g/mol. The molecule has 7 heteroatoms. The summed E-state index contributed by atoms with van der Waals surface area (Å²) < 4.78 is 31.6. The maximum absolute atomic E-state index is 12.8. The fourth-order valence-corrected chi connectivity index (χ4v) is 4.21. The smallest absolute Gasteiger partial charge is 0.407 e. The number of halogens is 2. The SMILES string of the molecule is CC(C)C1CC(c2nc3ccc(-c4ccc(C(F)F)cc4)cc3o2)CCN1C(=O)O. The van der Waals surface area contributed by atoms with Crippen LogP contribution in [0.5, 0.6) is 0 Å². The number of amides is 1. The second-order valence-electron chi connectivity index (χ2n) is 8.17. The molecule has 3 aromatic rings. The molecule has 1 N–H and O–H groups in total. The Morgan fingerprint density at radius 1 is 1.17 bits per heavy atom. The second kappa shape index (κ2) is 8.05. The predicted molar refractivity (Wildman–Crippen MR) is 110 cm³/mol. The van der Waals surface area contributed by atoms with Crippen molar-refractivity contribution < 1.29 is 23.1 Å². The van der Waals surface area contributed by atoms with Crippen molar-refractivity contribution in [2.75, 3.05) is 6.54 Å². The number of aromatic nitrogens is 1. The summed E-state index contributed by atoms with van der Waals surface area (Å²) in [5.41, 5.74) is 3.07. The number of nitrogens with zero attached hydrogens (tertiary/aromatic N) is 2. The lowest BCUT2D eigenvalue weighted by Gasteiger charge is -2.39. The van der Waals surface area contributed by atoms with Gasteiger partial charge in [-0.3, -0.25) is 0 Å². The molecule has 1 saturated heterocycles. The molecule has 158 valence electrons. The molecular formula is C23H24F2N2O3. The van der Waals surface area contributed by atoms with Gasteiger partial charge in [0.05, 0.1) is 0 Å². The van der Waals surface area contributed by atoms with Gasteiger partial charge in [-0.2, -0.15) is 0 Å². The molecule has 2 heterocycles. The van der Waals surface area contributed by atoms with E-state index < -0.39 is 12.5 Å². The summed E-state index contributed by atoms with van der Waals surface area (Å²) in [5, 5.41) is 9.46. The van der Waals surface area contributed by atoms with Crippen LogP contribution in [-0.2, 0) is 0 Å². The summed E-state index contributed by atoms with van der Waals surface area (Å²) in [6.07, 6.45) is -2.02. The van der Waals surface area contributed by atoms with Crippen molar-refractivity contribution in [3.63, 3.8) is 0 Å². The Balaban J connectivity index is 1.59. The van der Waals surface area contributed by atoms with Gasteiger partial charge in [0.1, 0.15) is 5.52 Å². The predicted octanol–water partition coefficient (Wildman–Crippen LogP) is 6.31. The number of benzene rings is 2. The van der Waals surface area contributed by atoms with E-state index in [1.807, 2.05) is 32.0 Å². The molecule has 4 rings (SSSR count). The third-order valence-electron chi connectivity index (χ3n) is 5.91. The van der Waals surface area contributed by atoms with Crippen molar-refractivity contribution in [1.82, 2.24) is 9.88 Å². The molecule has 1 aliphatic heterocycles. The van der Waals surface area contributed by atoms with E-state index in [9.17, 15) is 18.7 Å². The molecule has 1 aliphatic rings. The minimum absolute atomic E-state index is 0.00538. The third kappa shape index (κ3) is 3.88. The van der Waals surface area contributed by atoms with Crippen LogP contribution in [-0.4, -0.2) is 33.7 Å². The van der Waals surface area contributed by atoms with Crippen molar-refractivity contribution in [1.29, 1.82) is 0 Å². The molecule has 30 heavy (non-hydrogen) atoms. The Bertz CT molecular complexity index is 1050. The van der Waals surface area contributed by atoms with Crippen molar-refractivity contribution in [3.8, 4) is 11.1 Å². The van der Waals surface area contributed by atoms with E-state index in [0.717, 1.165) is 16.6 Å². The molecule has 2 aromatic carbocycles. The average Bonchev–Trinajstić information content (AvgIpc) is 3.16. The summed E-state index contributed by atoms with van der Waals surface area (Å²) in [7, 11) is 0. The van der Waals surface area contributed by atoms with Gasteiger partial charge in [0.25, 0.3) is 6.43 Å². The second-order valence-corrected chi connectivity index (χ2v) is 8.17. The fourth-order valence-electron chi connectivity index (χ4n) is 4.21. The number of piperidine rings is 1. The zero-order valence-electron chi connectivity index (χ0n) is 16.9. The van der Waals surface area contributed by atoms with Crippen molar-refractivity contribution >= 4 is 17.2 Å². The Hall–Kier alpha value is -2.96. The van der Waals surface area contributed by atoms with Crippen LogP contribution in [0, 0.1) is 5.92 Å². The van der Waals surface area contributed by atoms with Gasteiger partial charge < -0.3 is 14.4 Å². The maximum Gasteiger partial charge on any atom is 0.407 e. The molecule has 5 nitrogen and oxygen atoms in total. The van der Waals surface area contributed by atoms with Gasteiger partial charge in [0, 0.05) is 24.1 Å². The van der Waals surface area contributed by atoms with E-state index in [-0.39, 0.29) is 23.4 Å². The highest BCUT2D eigenvalue weighted by molar-refractivity contribution is 5.80. The normalized spacial score (nSPS) is 19.7. The minimum atomic E-state index is -2.49. The summed E-state index contributed by atoms with van der Waals surface area (Å²) in [6.45, 7) is 4.52. The Labute approximate surface area is 173 Å². The fraction of sp³-hybridized carbons (Fsp3) is 0.391. The Kier molecular flexibility index (Phi) is 5.45. The summed E-state index contributed by atoms with van der Waals surface area (Å²) in [4.78, 5) is 17.7. The van der Waals surface area contributed by atoms with Crippen LogP contribution >= 0.6 is 0 Å². The number of alkyl halides is 2. The summed E-state index contributed by atoms with van der Waals surface area (Å²) in [5.74, 6) is 0.899. The first kappa shape index (κ1) is 20.3. The van der Waals surface area contributed by atoms with Crippen LogP contribution in [0.15, 0.2) is 46.9 Å². The number of likely N-dealkylation sites (tertiary alicyclic amines) is 1. The van der Waals surface area contributed by atoms with E-state index >= 15 is 0 Å². The number of oxazole rings is 1. The molecule has 0 spiro atoms. The zero-order chi connectivity index (χ0) is 21.4. The lowest BCUT2D eigenvalue weighted by atomic mass is 9.85. The minimum Gasteiger partial charge on any atom is -0.465 e. The number of carboxylic acid groups (broad SMARTS) is 1. The molecule has 1 aromatic heterocycles. The van der Waals surface area contributed by atoms with Crippen molar-refractivity contribution in [2.45, 2.75) is 45.1 Å². The van der Waals surface area contributed by atoms with Crippen LogP contribution in [0.2, 0.25) is 0 Å². The lowest BCUT2D eigenvalue weighted by Crippen LogP contribution is -2.47. The number of hydrogen-bond donors (Lipinski definition) is 1. The van der Waals surface area contributed by atoms with E-state index in [1.165, 1.54) is 17.0 Å². The van der Waals surface area contributed by atoms with Crippen LogP contribution in [0.1, 0.15) is 50.5 Å². The van der Waals surface area contributed by atoms with Gasteiger partial charge in [0.2, 0.25) is 0 Å². The first-order valence-electron chi connectivity index (χ1n) is 10.1. The van der Waals surface area contributed by atoms with Gasteiger partial charge in [0.15, 0.2) is 11.5 Å². The Morgan fingerprint density at radius 3 is 2.50 bits per heavy atom. The number of carbonyl (C=O) groups is 1. The molecule has 2 unspecified atom stereocenters.